The average Bonchev–Trinajstić information content (AvgIpc) is 3.34. The molecule has 0 saturated heterocycles. The Hall–Kier alpha value is -3.37. The van der Waals surface area contributed by atoms with Crippen LogP contribution in [-0.4, -0.2) is 47.3 Å². The summed E-state index contributed by atoms with van der Waals surface area (Å²) in [5.74, 6) is -0.185. The number of thioether (sulfide) groups is 1. The van der Waals surface area contributed by atoms with Crippen molar-refractivity contribution in [1.29, 1.82) is 0 Å². The Kier molecular flexibility index (Phi) is 8.27. The Labute approximate surface area is 218 Å². The van der Waals surface area contributed by atoms with Crippen LogP contribution in [0.3, 0.4) is 0 Å². The first-order valence-electron chi connectivity index (χ1n) is 11.6. The number of aromatic nitrogens is 5. The summed E-state index contributed by atoms with van der Waals surface area (Å²) >= 11 is 2.75. The molecule has 0 unspecified atom stereocenters. The molecule has 4 aromatic rings. The molecule has 186 valence electrons. The summed E-state index contributed by atoms with van der Waals surface area (Å²) in [4.78, 5) is 36.0. The van der Waals surface area contributed by atoms with Gasteiger partial charge in [-0.3, -0.25) is 14.8 Å². The van der Waals surface area contributed by atoms with Crippen LogP contribution in [0.1, 0.15) is 37.6 Å². The lowest BCUT2D eigenvalue weighted by Crippen LogP contribution is -2.27. The van der Waals surface area contributed by atoms with Crippen molar-refractivity contribution in [2.75, 3.05) is 11.4 Å². The van der Waals surface area contributed by atoms with E-state index in [0.717, 1.165) is 38.8 Å². The van der Waals surface area contributed by atoms with Gasteiger partial charge in [-0.05, 0) is 31.4 Å². The summed E-state index contributed by atoms with van der Waals surface area (Å²) in [6.07, 6.45) is 10.4. The smallest absolute Gasteiger partial charge is 0.319 e. The molecule has 3 aromatic heterocycles. The summed E-state index contributed by atoms with van der Waals surface area (Å²) in [6.45, 7) is 6.78. The minimum absolute atomic E-state index is 0.643. The molecule has 0 amide bonds. The van der Waals surface area contributed by atoms with Crippen molar-refractivity contribution in [1.82, 2.24) is 24.9 Å². The van der Waals surface area contributed by atoms with Gasteiger partial charge in [-0.15, -0.1) is 11.3 Å². The number of hydrogen-bond acceptors (Lipinski definition) is 9. The van der Waals surface area contributed by atoms with Crippen LogP contribution in [0.15, 0.2) is 65.0 Å². The predicted molar refractivity (Wildman–Crippen MR) is 143 cm³/mol. The van der Waals surface area contributed by atoms with Crippen LogP contribution in [0.4, 0.5) is 5.95 Å². The number of aryl methyl sites for hydroxylation is 1. The SMILES string of the molecule is CCc1cnc(N(CCc2csc(SC(C)(C)C(=O)O)n2)Cc2ccc(-c3cnccn3)cc2)nc1. The lowest BCUT2D eigenvalue weighted by Gasteiger charge is -2.22. The van der Waals surface area contributed by atoms with Gasteiger partial charge in [-0.1, -0.05) is 43.0 Å². The molecule has 0 spiro atoms. The van der Waals surface area contributed by atoms with E-state index in [1.807, 2.05) is 29.9 Å². The summed E-state index contributed by atoms with van der Waals surface area (Å²) in [5.41, 5.74) is 5.00. The van der Waals surface area contributed by atoms with Crippen LogP contribution in [0, 0.1) is 0 Å². The molecule has 8 nitrogen and oxygen atoms in total. The highest BCUT2D eigenvalue weighted by Crippen LogP contribution is 2.34. The maximum Gasteiger partial charge on any atom is 0.319 e. The van der Waals surface area contributed by atoms with E-state index >= 15 is 0 Å². The number of rotatable bonds is 11. The largest absolute Gasteiger partial charge is 0.480 e. The van der Waals surface area contributed by atoms with Crippen LogP contribution >= 0.6 is 23.1 Å². The fourth-order valence-electron chi connectivity index (χ4n) is 3.35. The van der Waals surface area contributed by atoms with E-state index in [0.29, 0.717) is 25.5 Å². The van der Waals surface area contributed by atoms with Crippen LogP contribution in [0.2, 0.25) is 0 Å². The van der Waals surface area contributed by atoms with Gasteiger partial charge < -0.3 is 10.0 Å². The van der Waals surface area contributed by atoms with Crippen LogP contribution < -0.4 is 4.90 Å². The van der Waals surface area contributed by atoms with Crippen molar-refractivity contribution in [3.05, 3.63) is 77.5 Å². The number of anilines is 1. The molecular formula is C26H28N6O2S2. The fraction of sp³-hybridized carbons (Fsp3) is 0.308. The van der Waals surface area contributed by atoms with E-state index in [9.17, 15) is 9.90 Å². The highest BCUT2D eigenvalue weighted by atomic mass is 32.2. The summed E-state index contributed by atoms with van der Waals surface area (Å²) in [5, 5.41) is 11.4. The molecular weight excluding hydrogens is 492 g/mol. The molecule has 0 radical (unpaired) electrons. The maximum atomic E-state index is 11.5. The zero-order valence-corrected chi connectivity index (χ0v) is 22.1. The molecule has 0 fully saturated rings. The van der Waals surface area contributed by atoms with E-state index in [-0.39, 0.29) is 0 Å². The van der Waals surface area contributed by atoms with Gasteiger partial charge in [-0.25, -0.2) is 15.0 Å². The highest BCUT2D eigenvalue weighted by molar-refractivity contribution is 8.03. The third-order valence-corrected chi connectivity index (χ3v) is 7.77. The Morgan fingerprint density at radius 2 is 1.81 bits per heavy atom. The normalized spacial score (nSPS) is 11.4. The number of aliphatic carboxylic acids is 1. The highest BCUT2D eigenvalue weighted by Gasteiger charge is 2.29. The van der Waals surface area contributed by atoms with Crippen molar-refractivity contribution in [2.24, 2.45) is 0 Å². The van der Waals surface area contributed by atoms with E-state index in [2.05, 4.69) is 48.9 Å². The first kappa shape index (κ1) is 25.7. The second kappa shape index (κ2) is 11.6. The van der Waals surface area contributed by atoms with Gasteiger partial charge >= 0.3 is 5.97 Å². The van der Waals surface area contributed by atoms with Gasteiger partial charge in [0.1, 0.15) is 4.75 Å². The number of carboxylic acids is 1. The van der Waals surface area contributed by atoms with Gasteiger partial charge in [-0.2, -0.15) is 0 Å². The molecule has 1 N–H and O–H groups in total. The Morgan fingerprint density at radius 3 is 2.44 bits per heavy atom. The quantitative estimate of drug-likeness (QED) is 0.269. The molecule has 0 atom stereocenters. The minimum Gasteiger partial charge on any atom is -0.480 e. The molecule has 4 rings (SSSR count). The number of carboxylic acid groups (broad SMARTS) is 1. The van der Waals surface area contributed by atoms with Crippen molar-refractivity contribution in [3.8, 4) is 11.3 Å². The molecule has 0 aliphatic heterocycles. The Bertz CT molecular complexity index is 1280. The number of hydrogen-bond donors (Lipinski definition) is 1. The van der Waals surface area contributed by atoms with Crippen LogP contribution in [0.5, 0.6) is 0 Å². The van der Waals surface area contributed by atoms with E-state index in [4.69, 9.17) is 0 Å². The minimum atomic E-state index is -0.923. The van der Waals surface area contributed by atoms with Gasteiger partial charge in [0.15, 0.2) is 4.34 Å². The lowest BCUT2D eigenvalue weighted by atomic mass is 10.1. The van der Waals surface area contributed by atoms with Gasteiger partial charge in [0.25, 0.3) is 0 Å². The molecule has 0 aliphatic carbocycles. The van der Waals surface area contributed by atoms with Crippen LogP contribution in [-0.2, 0) is 24.2 Å². The molecule has 0 aliphatic rings. The number of carbonyl (C=O) groups is 1. The molecule has 0 saturated carbocycles. The van der Waals surface area contributed by atoms with Gasteiger partial charge in [0.05, 0.1) is 17.6 Å². The second-order valence-electron chi connectivity index (χ2n) is 8.73. The third-order valence-electron chi connectivity index (χ3n) is 5.60. The zero-order valence-electron chi connectivity index (χ0n) is 20.5. The van der Waals surface area contributed by atoms with Crippen molar-refractivity contribution in [2.45, 2.75) is 49.2 Å². The fourth-order valence-corrected chi connectivity index (χ4v) is 5.58. The molecule has 10 heteroatoms. The van der Waals surface area contributed by atoms with Crippen molar-refractivity contribution in [3.63, 3.8) is 0 Å². The average molecular weight is 521 g/mol. The van der Waals surface area contributed by atoms with Crippen molar-refractivity contribution < 1.29 is 9.90 Å². The van der Waals surface area contributed by atoms with E-state index in [1.165, 1.54) is 23.1 Å². The van der Waals surface area contributed by atoms with Crippen LogP contribution in [0.25, 0.3) is 11.3 Å². The zero-order chi connectivity index (χ0) is 25.5. The lowest BCUT2D eigenvalue weighted by molar-refractivity contribution is -0.138. The monoisotopic (exact) mass is 520 g/mol. The third kappa shape index (κ3) is 6.64. The summed E-state index contributed by atoms with van der Waals surface area (Å²) < 4.78 is -0.167. The first-order valence-corrected chi connectivity index (χ1v) is 13.3. The first-order chi connectivity index (χ1) is 17.3. The second-order valence-corrected chi connectivity index (χ2v) is 11.5. The number of thiazole rings is 1. The Morgan fingerprint density at radius 1 is 1.06 bits per heavy atom. The molecule has 0 bridgehead atoms. The molecule has 1 aromatic carbocycles. The number of nitrogens with zero attached hydrogens (tertiary/aromatic N) is 6. The molecule has 3 heterocycles. The summed E-state index contributed by atoms with van der Waals surface area (Å²) in [6, 6.07) is 8.27. The predicted octanol–water partition coefficient (Wildman–Crippen LogP) is 5.16. The molecule has 36 heavy (non-hydrogen) atoms. The Balaban J connectivity index is 1.48. The van der Waals surface area contributed by atoms with Gasteiger partial charge in [0, 0.05) is 55.2 Å². The topological polar surface area (TPSA) is 105 Å². The summed E-state index contributed by atoms with van der Waals surface area (Å²) in [7, 11) is 0. The van der Waals surface area contributed by atoms with Gasteiger partial charge in [0.2, 0.25) is 5.95 Å². The maximum absolute atomic E-state index is 11.5. The van der Waals surface area contributed by atoms with Crippen molar-refractivity contribution >= 4 is 35.0 Å². The van der Waals surface area contributed by atoms with E-state index < -0.39 is 10.7 Å². The van der Waals surface area contributed by atoms with E-state index in [1.54, 1.807) is 32.4 Å². The standard InChI is InChI=1S/C26H28N6O2S2/c1-4-18-13-29-24(30-14-18)32(12-9-21-17-35-25(31-21)36-26(2,3)23(33)34)16-19-5-7-20(8-6-19)22-15-27-10-11-28-22/h5-8,10-11,13-15,17H,4,9,12,16H2,1-3H3,(H,33,34). The number of benzene rings is 1.